The average Bonchev–Trinajstić information content (AvgIpc) is 2.09. The van der Waals surface area contributed by atoms with Crippen LogP contribution in [0.1, 0.15) is 27.2 Å². The molecule has 0 radical (unpaired) electrons. The van der Waals surface area contributed by atoms with Crippen LogP contribution in [0.2, 0.25) is 0 Å². The fraction of sp³-hybridized carbons (Fsp3) is 0.833. The standard InChI is InChI=1S/C12H23NO/c1-9-6-10(2)12(11(3)7-9)8-13-4-5-14/h6,10-14H,4-5,7-8H2,1-3H3/t10-,11+,12+/m1/s1. The second-order valence-electron chi connectivity index (χ2n) is 4.65. The molecule has 2 heteroatoms. The minimum Gasteiger partial charge on any atom is -0.395 e. The minimum absolute atomic E-state index is 0.240. The molecule has 2 N–H and O–H groups in total. The van der Waals surface area contributed by atoms with Crippen molar-refractivity contribution >= 4 is 0 Å². The zero-order valence-electron chi connectivity index (χ0n) is 9.59. The molecule has 1 aliphatic carbocycles. The van der Waals surface area contributed by atoms with Crippen molar-refractivity contribution < 1.29 is 5.11 Å². The van der Waals surface area contributed by atoms with E-state index >= 15 is 0 Å². The van der Waals surface area contributed by atoms with Crippen molar-refractivity contribution in [1.82, 2.24) is 5.32 Å². The van der Waals surface area contributed by atoms with Gasteiger partial charge in [0.2, 0.25) is 0 Å². The molecule has 0 aliphatic heterocycles. The lowest BCUT2D eigenvalue weighted by Crippen LogP contribution is -2.34. The number of nitrogens with one attached hydrogen (secondary N) is 1. The van der Waals surface area contributed by atoms with Gasteiger partial charge in [-0.05, 0) is 37.6 Å². The molecule has 0 aromatic rings. The molecule has 0 saturated heterocycles. The number of hydrogen-bond donors (Lipinski definition) is 2. The Hall–Kier alpha value is -0.340. The third kappa shape index (κ3) is 3.10. The maximum Gasteiger partial charge on any atom is 0.0555 e. The maximum absolute atomic E-state index is 8.70. The summed E-state index contributed by atoms with van der Waals surface area (Å²) in [4.78, 5) is 0. The van der Waals surface area contributed by atoms with Crippen LogP contribution in [0, 0.1) is 17.8 Å². The van der Waals surface area contributed by atoms with Crippen LogP contribution in [0.3, 0.4) is 0 Å². The Labute approximate surface area is 87.4 Å². The first-order chi connectivity index (χ1) is 6.65. The van der Waals surface area contributed by atoms with Gasteiger partial charge >= 0.3 is 0 Å². The highest BCUT2D eigenvalue weighted by atomic mass is 16.3. The molecule has 0 amide bonds. The van der Waals surface area contributed by atoms with Crippen molar-refractivity contribution in [2.24, 2.45) is 17.8 Å². The third-order valence-corrected chi connectivity index (χ3v) is 3.27. The quantitative estimate of drug-likeness (QED) is 0.532. The number of rotatable bonds is 4. The van der Waals surface area contributed by atoms with Gasteiger partial charge in [-0.2, -0.15) is 0 Å². The number of hydrogen-bond acceptors (Lipinski definition) is 2. The Morgan fingerprint density at radius 3 is 2.79 bits per heavy atom. The Morgan fingerprint density at radius 2 is 2.21 bits per heavy atom. The van der Waals surface area contributed by atoms with Gasteiger partial charge in [-0.3, -0.25) is 0 Å². The van der Waals surface area contributed by atoms with E-state index in [-0.39, 0.29) is 6.61 Å². The van der Waals surface area contributed by atoms with Crippen LogP contribution < -0.4 is 5.32 Å². The topological polar surface area (TPSA) is 32.3 Å². The summed E-state index contributed by atoms with van der Waals surface area (Å²) in [6.07, 6.45) is 3.63. The van der Waals surface area contributed by atoms with Crippen molar-refractivity contribution in [3.8, 4) is 0 Å². The van der Waals surface area contributed by atoms with E-state index in [1.807, 2.05) is 0 Å². The Balaban J connectivity index is 2.43. The molecule has 0 aromatic heterocycles. The molecule has 82 valence electrons. The summed E-state index contributed by atoms with van der Waals surface area (Å²) in [5.41, 5.74) is 1.53. The van der Waals surface area contributed by atoms with Crippen molar-refractivity contribution in [2.75, 3.05) is 19.7 Å². The fourth-order valence-corrected chi connectivity index (χ4v) is 2.55. The normalized spacial score (nSPS) is 32.9. The van der Waals surface area contributed by atoms with E-state index in [0.29, 0.717) is 5.92 Å². The van der Waals surface area contributed by atoms with Gasteiger partial charge in [-0.15, -0.1) is 0 Å². The predicted molar refractivity (Wildman–Crippen MR) is 60.1 cm³/mol. The molecule has 0 bridgehead atoms. The SMILES string of the molecule is CC1=C[C@@H](C)[C@H](CNCCO)[C@@H](C)C1. The van der Waals surface area contributed by atoms with Gasteiger partial charge in [-0.1, -0.05) is 25.5 Å². The van der Waals surface area contributed by atoms with Crippen LogP contribution in [-0.2, 0) is 0 Å². The molecule has 2 nitrogen and oxygen atoms in total. The van der Waals surface area contributed by atoms with Crippen LogP contribution in [0.5, 0.6) is 0 Å². The predicted octanol–water partition coefficient (Wildman–Crippen LogP) is 1.81. The summed E-state index contributed by atoms with van der Waals surface area (Å²) in [6, 6.07) is 0. The monoisotopic (exact) mass is 197 g/mol. The Kier molecular flexibility index (Phi) is 4.63. The molecule has 0 saturated carbocycles. The molecular weight excluding hydrogens is 174 g/mol. The van der Waals surface area contributed by atoms with E-state index in [2.05, 4.69) is 32.2 Å². The summed E-state index contributed by atoms with van der Waals surface area (Å²) in [6.45, 7) is 8.85. The first-order valence-corrected chi connectivity index (χ1v) is 5.64. The molecule has 1 rings (SSSR count). The van der Waals surface area contributed by atoms with Crippen LogP contribution in [0.25, 0.3) is 0 Å². The molecule has 14 heavy (non-hydrogen) atoms. The molecule has 3 atom stereocenters. The molecule has 1 aliphatic rings. The zero-order valence-corrected chi connectivity index (χ0v) is 9.59. The van der Waals surface area contributed by atoms with E-state index in [1.54, 1.807) is 0 Å². The van der Waals surface area contributed by atoms with Gasteiger partial charge in [0.15, 0.2) is 0 Å². The summed E-state index contributed by atoms with van der Waals surface area (Å²) in [5, 5.41) is 12.0. The Bertz CT molecular complexity index is 200. The van der Waals surface area contributed by atoms with Crippen LogP contribution >= 0.6 is 0 Å². The smallest absolute Gasteiger partial charge is 0.0555 e. The number of aliphatic hydroxyl groups excluding tert-OH is 1. The van der Waals surface area contributed by atoms with Crippen molar-refractivity contribution in [3.05, 3.63) is 11.6 Å². The molecular formula is C12H23NO. The molecule has 0 unspecified atom stereocenters. The van der Waals surface area contributed by atoms with Gasteiger partial charge in [0.25, 0.3) is 0 Å². The maximum atomic E-state index is 8.70. The van der Waals surface area contributed by atoms with Crippen LogP contribution in [0.4, 0.5) is 0 Å². The average molecular weight is 197 g/mol. The van der Waals surface area contributed by atoms with E-state index in [0.717, 1.165) is 24.9 Å². The number of aliphatic hydroxyl groups is 1. The van der Waals surface area contributed by atoms with Crippen molar-refractivity contribution in [3.63, 3.8) is 0 Å². The van der Waals surface area contributed by atoms with E-state index in [1.165, 1.54) is 12.0 Å². The summed E-state index contributed by atoms with van der Waals surface area (Å²) < 4.78 is 0. The molecule has 0 heterocycles. The minimum atomic E-state index is 0.240. The second kappa shape index (κ2) is 5.52. The second-order valence-corrected chi connectivity index (χ2v) is 4.65. The van der Waals surface area contributed by atoms with Crippen LogP contribution in [-0.4, -0.2) is 24.8 Å². The highest BCUT2D eigenvalue weighted by Crippen LogP contribution is 2.32. The van der Waals surface area contributed by atoms with Crippen LogP contribution in [0.15, 0.2) is 11.6 Å². The Morgan fingerprint density at radius 1 is 1.50 bits per heavy atom. The fourth-order valence-electron chi connectivity index (χ4n) is 2.55. The lowest BCUT2D eigenvalue weighted by Gasteiger charge is -2.33. The van der Waals surface area contributed by atoms with Gasteiger partial charge in [0.1, 0.15) is 0 Å². The molecule has 0 fully saturated rings. The lowest BCUT2D eigenvalue weighted by atomic mass is 9.75. The largest absolute Gasteiger partial charge is 0.395 e. The van der Waals surface area contributed by atoms with Crippen molar-refractivity contribution in [2.45, 2.75) is 27.2 Å². The van der Waals surface area contributed by atoms with E-state index < -0.39 is 0 Å². The highest BCUT2D eigenvalue weighted by Gasteiger charge is 2.25. The van der Waals surface area contributed by atoms with Gasteiger partial charge < -0.3 is 10.4 Å². The lowest BCUT2D eigenvalue weighted by molar-refractivity contribution is 0.243. The third-order valence-electron chi connectivity index (χ3n) is 3.27. The van der Waals surface area contributed by atoms with Gasteiger partial charge in [0, 0.05) is 6.54 Å². The first kappa shape index (κ1) is 11.7. The zero-order chi connectivity index (χ0) is 10.6. The summed E-state index contributed by atoms with van der Waals surface area (Å²) in [5.74, 6) is 2.16. The molecule has 0 aromatic carbocycles. The summed E-state index contributed by atoms with van der Waals surface area (Å²) >= 11 is 0. The van der Waals surface area contributed by atoms with Crippen molar-refractivity contribution in [1.29, 1.82) is 0 Å². The highest BCUT2D eigenvalue weighted by molar-refractivity contribution is 5.08. The molecule has 0 spiro atoms. The van der Waals surface area contributed by atoms with Gasteiger partial charge in [0.05, 0.1) is 6.61 Å². The first-order valence-electron chi connectivity index (χ1n) is 5.64. The van der Waals surface area contributed by atoms with Gasteiger partial charge in [-0.25, -0.2) is 0 Å². The van der Waals surface area contributed by atoms with E-state index in [4.69, 9.17) is 5.11 Å². The van der Waals surface area contributed by atoms with E-state index in [9.17, 15) is 0 Å². The number of allylic oxidation sites excluding steroid dienone is 2. The summed E-state index contributed by atoms with van der Waals surface area (Å²) in [7, 11) is 0.